The monoisotopic (exact) mass is 315 g/mol. The van der Waals surface area contributed by atoms with E-state index in [0.29, 0.717) is 5.56 Å². The molecule has 0 spiro atoms. The third kappa shape index (κ3) is 3.37. The molecule has 0 radical (unpaired) electrons. The fourth-order valence-corrected chi connectivity index (χ4v) is 3.42. The van der Waals surface area contributed by atoms with Gasteiger partial charge in [0.05, 0.1) is 16.1 Å². The number of hydrogen-bond acceptors (Lipinski definition) is 5. The Morgan fingerprint density at radius 1 is 1.19 bits per heavy atom. The second-order valence-corrected chi connectivity index (χ2v) is 6.37. The predicted octanol–water partition coefficient (Wildman–Crippen LogP) is 4.54. The number of carbonyl (C=O) groups is 1. The molecule has 0 unspecified atom stereocenters. The molecule has 0 aliphatic heterocycles. The van der Waals surface area contributed by atoms with Crippen molar-refractivity contribution in [1.82, 2.24) is 4.98 Å². The van der Waals surface area contributed by atoms with Crippen LogP contribution in [0.1, 0.15) is 21.6 Å². The summed E-state index contributed by atoms with van der Waals surface area (Å²) in [4.78, 5) is 17.5. The zero-order valence-electron chi connectivity index (χ0n) is 11.4. The molecule has 0 N–H and O–H groups in total. The second kappa shape index (κ2) is 6.20. The average molecular weight is 315 g/mol. The summed E-state index contributed by atoms with van der Waals surface area (Å²) in [5, 5.41) is 4.91. The van der Waals surface area contributed by atoms with Crippen LogP contribution >= 0.6 is 22.7 Å². The maximum Gasteiger partial charge on any atom is 0.338 e. The van der Waals surface area contributed by atoms with Crippen molar-refractivity contribution in [3.05, 3.63) is 64.0 Å². The van der Waals surface area contributed by atoms with Crippen LogP contribution in [0.25, 0.3) is 9.88 Å². The van der Waals surface area contributed by atoms with Crippen LogP contribution in [0.15, 0.2) is 47.2 Å². The highest BCUT2D eigenvalue weighted by atomic mass is 32.1. The summed E-state index contributed by atoms with van der Waals surface area (Å²) in [5.41, 5.74) is 2.46. The fraction of sp³-hybridized carbons (Fsp3) is 0.125. The van der Waals surface area contributed by atoms with Crippen LogP contribution in [-0.4, -0.2) is 11.0 Å². The van der Waals surface area contributed by atoms with Crippen LogP contribution in [0.5, 0.6) is 0 Å². The van der Waals surface area contributed by atoms with E-state index in [1.54, 1.807) is 34.8 Å². The molecule has 0 amide bonds. The van der Waals surface area contributed by atoms with Crippen molar-refractivity contribution >= 4 is 28.6 Å². The van der Waals surface area contributed by atoms with Gasteiger partial charge in [0.15, 0.2) is 0 Å². The van der Waals surface area contributed by atoms with E-state index in [4.69, 9.17) is 4.74 Å². The van der Waals surface area contributed by atoms with E-state index >= 15 is 0 Å². The lowest BCUT2D eigenvalue weighted by Gasteiger charge is -2.03. The van der Waals surface area contributed by atoms with Gasteiger partial charge in [0.2, 0.25) is 0 Å². The van der Waals surface area contributed by atoms with Gasteiger partial charge in [-0.05, 0) is 30.5 Å². The first-order valence-electron chi connectivity index (χ1n) is 6.44. The fourth-order valence-electron chi connectivity index (χ4n) is 1.80. The number of aryl methyl sites for hydroxylation is 1. The van der Waals surface area contributed by atoms with Crippen LogP contribution in [0.3, 0.4) is 0 Å². The molecule has 0 fully saturated rings. The van der Waals surface area contributed by atoms with Gasteiger partial charge < -0.3 is 4.74 Å². The lowest BCUT2D eigenvalue weighted by molar-refractivity contribution is 0.0468. The summed E-state index contributed by atoms with van der Waals surface area (Å²) < 4.78 is 5.29. The molecule has 106 valence electrons. The third-order valence-electron chi connectivity index (χ3n) is 2.92. The van der Waals surface area contributed by atoms with E-state index in [1.807, 2.05) is 41.9 Å². The van der Waals surface area contributed by atoms with Gasteiger partial charge in [-0.15, -0.1) is 22.7 Å². The molecule has 5 heteroatoms. The van der Waals surface area contributed by atoms with Crippen molar-refractivity contribution < 1.29 is 9.53 Å². The lowest BCUT2D eigenvalue weighted by atomic mass is 10.1. The van der Waals surface area contributed by atoms with E-state index in [2.05, 4.69) is 4.98 Å². The maximum absolute atomic E-state index is 11.9. The van der Waals surface area contributed by atoms with Crippen LogP contribution < -0.4 is 0 Å². The van der Waals surface area contributed by atoms with Crippen molar-refractivity contribution in [2.75, 3.05) is 0 Å². The highest BCUT2D eigenvalue weighted by molar-refractivity contribution is 7.20. The minimum Gasteiger partial charge on any atom is -0.456 e. The largest absolute Gasteiger partial charge is 0.456 e. The molecule has 0 bridgehead atoms. The zero-order valence-corrected chi connectivity index (χ0v) is 13.0. The molecule has 0 aliphatic carbocycles. The number of rotatable bonds is 4. The van der Waals surface area contributed by atoms with E-state index < -0.39 is 0 Å². The Hall–Kier alpha value is -1.98. The Morgan fingerprint density at radius 2 is 2.00 bits per heavy atom. The lowest BCUT2D eigenvalue weighted by Crippen LogP contribution is -2.05. The summed E-state index contributed by atoms with van der Waals surface area (Å²) in [6.07, 6.45) is 0. The molecule has 2 aromatic heterocycles. The molecule has 0 atom stereocenters. The van der Waals surface area contributed by atoms with E-state index in [1.165, 1.54) is 0 Å². The summed E-state index contributed by atoms with van der Waals surface area (Å²) in [5.74, 6) is -0.319. The number of benzene rings is 1. The second-order valence-electron chi connectivity index (χ2n) is 4.56. The number of ether oxygens (including phenoxy) is 1. The number of thiophene rings is 1. The first-order chi connectivity index (χ1) is 10.2. The first-order valence-corrected chi connectivity index (χ1v) is 8.20. The average Bonchev–Trinajstić information content (AvgIpc) is 3.16. The Kier molecular flexibility index (Phi) is 4.13. The Morgan fingerprint density at radius 3 is 2.71 bits per heavy atom. The van der Waals surface area contributed by atoms with Gasteiger partial charge in [0.1, 0.15) is 11.6 Å². The number of aromatic nitrogens is 1. The maximum atomic E-state index is 11.9. The number of hydrogen-bond donors (Lipinski definition) is 0. The van der Waals surface area contributed by atoms with Gasteiger partial charge in [-0.2, -0.15) is 0 Å². The molecule has 0 aliphatic rings. The van der Waals surface area contributed by atoms with Crippen LogP contribution in [0.2, 0.25) is 0 Å². The quantitative estimate of drug-likeness (QED) is 0.664. The number of thiazole rings is 1. The van der Waals surface area contributed by atoms with Crippen LogP contribution in [0, 0.1) is 6.92 Å². The molecule has 3 nitrogen and oxygen atoms in total. The number of nitrogens with zero attached hydrogens (tertiary/aromatic N) is 1. The van der Waals surface area contributed by atoms with Crippen molar-refractivity contribution in [3.63, 3.8) is 0 Å². The molecule has 1 aromatic carbocycles. The molecular weight excluding hydrogens is 302 g/mol. The van der Waals surface area contributed by atoms with Gasteiger partial charge in [-0.1, -0.05) is 23.8 Å². The first kappa shape index (κ1) is 14.0. The van der Waals surface area contributed by atoms with E-state index in [9.17, 15) is 4.79 Å². The smallest absolute Gasteiger partial charge is 0.338 e. The summed E-state index contributed by atoms with van der Waals surface area (Å²) in [6.45, 7) is 2.19. The topological polar surface area (TPSA) is 39.2 Å². The minimum atomic E-state index is -0.319. The van der Waals surface area contributed by atoms with E-state index in [-0.39, 0.29) is 12.6 Å². The Bertz CT molecular complexity index is 730. The van der Waals surface area contributed by atoms with Crippen molar-refractivity contribution in [3.8, 4) is 9.88 Å². The normalized spacial score (nSPS) is 10.5. The van der Waals surface area contributed by atoms with Crippen LogP contribution in [0.4, 0.5) is 0 Å². The highest BCUT2D eigenvalue weighted by Gasteiger charge is 2.10. The summed E-state index contributed by atoms with van der Waals surface area (Å²) >= 11 is 3.22. The molecule has 2 heterocycles. The Balaban J connectivity index is 1.62. The van der Waals surface area contributed by atoms with Crippen LogP contribution in [-0.2, 0) is 11.3 Å². The molecular formula is C16H13NO2S2. The van der Waals surface area contributed by atoms with Crippen molar-refractivity contribution in [1.29, 1.82) is 0 Å². The third-order valence-corrected chi connectivity index (χ3v) is 4.85. The minimum absolute atomic E-state index is 0.203. The van der Waals surface area contributed by atoms with E-state index in [0.717, 1.165) is 21.1 Å². The standard InChI is InChI=1S/C16H13NO2S2/c1-11-4-6-12(7-5-11)16(18)19-9-13-10-21-15(17-13)14-3-2-8-20-14/h2-8,10H,9H2,1H3. The number of esters is 1. The van der Waals surface area contributed by atoms with Crippen molar-refractivity contribution in [2.45, 2.75) is 13.5 Å². The van der Waals surface area contributed by atoms with Gasteiger partial charge in [0.25, 0.3) is 0 Å². The van der Waals surface area contributed by atoms with Gasteiger partial charge in [0, 0.05) is 5.38 Å². The molecule has 21 heavy (non-hydrogen) atoms. The number of carbonyl (C=O) groups excluding carboxylic acids is 1. The Labute approximate surface area is 130 Å². The summed E-state index contributed by atoms with van der Waals surface area (Å²) in [6, 6.07) is 11.4. The van der Waals surface area contributed by atoms with Crippen molar-refractivity contribution in [2.24, 2.45) is 0 Å². The zero-order chi connectivity index (χ0) is 14.7. The highest BCUT2D eigenvalue weighted by Crippen LogP contribution is 2.28. The molecule has 0 saturated heterocycles. The van der Waals surface area contributed by atoms with Gasteiger partial charge in [-0.3, -0.25) is 0 Å². The molecule has 3 aromatic rings. The predicted molar refractivity (Wildman–Crippen MR) is 85.7 cm³/mol. The van der Waals surface area contributed by atoms with Gasteiger partial charge in [-0.25, -0.2) is 9.78 Å². The molecule has 3 rings (SSSR count). The molecule has 0 saturated carbocycles. The summed E-state index contributed by atoms with van der Waals surface area (Å²) in [7, 11) is 0. The SMILES string of the molecule is Cc1ccc(C(=O)OCc2csc(-c3cccs3)n2)cc1. The van der Waals surface area contributed by atoms with Gasteiger partial charge >= 0.3 is 5.97 Å².